The van der Waals surface area contributed by atoms with E-state index in [0.717, 1.165) is 25.9 Å². The van der Waals surface area contributed by atoms with Crippen LogP contribution in [0.4, 0.5) is 0 Å². The average molecular weight is 253 g/mol. The van der Waals surface area contributed by atoms with Crippen LogP contribution in [0.5, 0.6) is 0 Å². The summed E-state index contributed by atoms with van der Waals surface area (Å²) in [5.74, 6) is -0.529. The SMILES string of the molecule is NC(=O)C1CC(=O)N(CCCCN2CCCC2)C1. The van der Waals surface area contributed by atoms with Crippen LogP contribution in [0.25, 0.3) is 0 Å². The zero-order valence-electron chi connectivity index (χ0n) is 10.9. The summed E-state index contributed by atoms with van der Waals surface area (Å²) in [6.07, 6.45) is 5.11. The number of unbranched alkanes of at least 4 members (excludes halogenated alkanes) is 1. The second-order valence-electron chi connectivity index (χ2n) is 5.40. The molecule has 0 saturated carbocycles. The molecule has 2 fully saturated rings. The maximum atomic E-state index is 11.6. The van der Waals surface area contributed by atoms with Crippen molar-refractivity contribution in [2.24, 2.45) is 11.7 Å². The normalized spacial score (nSPS) is 25.0. The van der Waals surface area contributed by atoms with Crippen molar-refractivity contribution in [3.63, 3.8) is 0 Å². The molecule has 1 atom stereocenters. The van der Waals surface area contributed by atoms with Gasteiger partial charge in [-0.05, 0) is 45.3 Å². The van der Waals surface area contributed by atoms with Crippen LogP contribution in [-0.2, 0) is 9.59 Å². The first-order valence-corrected chi connectivity index (χ1v) is 6.96. The molecule has 2 aliphatic rings. The number of carbonyl (C=O) groups is 2. The lowest BCUT2D eigenvalue weighted by molar-refractivity contribution is -0.128. The summed E-state index contributed by atoms with van der Waals surface area (Å²) in [4.78, 5) is 27.0. The Labute approximate surface area is 108 Å². The molecule has 2 rings (SSSR count). The Hall–Kier alpha value is -1.10. The summed E-state index contributed by atoms with van der Waals surface area (Å²) < 4.78 is 0. The van der Waals surface area contributed by atoms with E-state index in [4.69, 9.17) is 5.73 Å². The molecule has 0 spiro atoms. The van der Waals surface area contributed by atoms with Gasteiger partial charge in [-0.3, -0.25) is 9.59 Å². The molecular weight excluding hydrogens is 230 g/mol. The molecule has 0 radical (unpaired) electrons. The minimum Gasteiger partial charge on any atom is -0.369 e. The smallest absolute Gasteiger partial charge is 0.223 e. The molecular formula is C13H23N3O2. The van der Waals surface area contributed by atoms with Crippen LogP contribution in [0, 0.1) is 5.92 Å². The summed E-state index contributed by atoms with van der Waals surface area (Å²) >= 11 is 0. The minimum absolute atomic E-state index is 0.0833. The maximum absolute atomic E-state index is 11.6. The third-order valence-electron chi connectivity index (χ3n) is 3.97. The molecule has 2 heterocycles. The number of likely N-dealkylation sites (tertiary alicyclic amines) is 2. The van der Waals surface area contributed by atoms with Crippen molar-refractivity contribution >= 4 is 11.8 Å². The van der Waals surface area contributed by atoms with E-state index in [9.17, 15) is 9.59 Å². The third kappa shape index (κ3) is 3.45. The van der Waals surface area contributed by atoms with Gasteiger partial charge in [0.15, 0.2) is 0 Å². The van der Waals surface area contributed by atoms with E-state index in [1.54, 1.807) is 4.90 Å². The first kappa shape index (κ1) is 13.3. The number of hydrogen-bond acceptors (Lipinski definition) is 3. The standard InChI is InChI=1S/C13H23N3O2/c14-13(18)11-9-12(17)16(10-11)8-4-3-7-15-5-1-2-6-15/h11H,1-10H2,(H2,14,18). The molecule has 5 heteroatoms. The topological polar surface area (TPSA) is 66.6 Å². The number of amides is 2. The van der Waals surface area contributed by atoms with E-state index in [1.165, 1.54) is 25.9 Å². The van der Waals surface area contributed by atoms with Crippen molar-refractivity contribution in [1.82, 2.24) is 9.80 Å². The Balaban J connectivity index is 1.61. The number of hydrogen-bond donors (Lipinski definition) is 1. The molecule has 0 aromatic carbocycles. The summed E-state index contributed by atoms with van der Waals surface area (Å²) in [6, 6.07) is 0. The van der Waals surface area contributed by atoms with Crippen LogP contribution < -0.4 is 5.73 Å². The van der Waals surface area contributed by atoms with Crippen molar-refractivity contribution in [2.75, 3.05) is 32.7 Å². The Morgan fingerprint density at radius 3 is 2.50 bits per heavy atom. The fourth-order valence-corrected chi connectivity index (χ4v) is 2.82. The van der Waals surface area contributed by atoms with Gasteiger partial charge in [0.25, 0.3) is 0 Å². The van der Waals surface area contributed by atoms with Gasteiger partial charge < -0.3 is 15.5 Å². The molecule has 2 N–H and O–H groups in total. The van der Waals surface area contributed by atoms with Crippen LogP contribution >= 0.6 is 0 Å². The fourth-order valence-electron chi connectivity index (χ4n) is 2.82. The largest absolute Gasteiger partial charge is 0.369 e. The summed E-state index contributed by atoms with van der Waals surface area (Å²) in [5.41, 5.74) is 5.24. The van der Waals surface area contributed by atoms with Gasteiger partial charge in [0.2, 0.25) is 11.8 Å². The average Bonchev–Trinajstić information content (AvgIpc) is 2.94. The van der Waals surface area contributed by atoms with Crippen LogP contribution in [0.3, 0.4) is 0 Å². The van der Waals surface area contributed by atoms with E-state index in [0.29, 0.717) is 13.0 Å². The number of rotatable bonds is 6. The minimum atomic E-state index is -0.345. The molecule has 5 nitrogen and oxygen atoms in total. The van der Waals surface area contributed by atoms with E-state index in [2.05, 4.69) is 4.90 Å². The molecule has 2 aliphatic heterocycles. The molecule has 0 aliphatic carbocycles. The van der Waals surface area contributed by atoms with Crippen LogP contribution in [-0.4, -0.2) is 54.3 Å². The third-order valence-corrected chi connectivity index (χ3v) is 3.97. The van der Waals surface area contributed by atoms with E-state index >= 15 is 0 Å². The van der Waals surface area contributed by atoms with Gasteiger partial charge >= 0.3 is 0 Å². The Bertz CT molecular complexity index is 313. The number of primary amides is 1. The van der Waals surface area contributed by atoms with Crippen molar-refractivity contribution in [2.45, 2.75) is 32.1 Å². The molecule has 0 aromatic rings. The van der Waals surface area contributed by atoms with Crippen molar-refractivity contribution in [3.05, 3.63) is 0 Å². The van der Waals surface area contributed by atoms with Gasteiger partial charge in [-0.1, -0.05) is 0 Å². The van der Waals surface area contributed by atoms with E-state index < -0.39 is 0 Å². The fraction of sp³-hybridized carbons (Fsp3) is 0.846. The number of nitrogens with zero attached hydrogens (tertiary/aromatic N) is 2. The van der Waals surface area contributed by atoms with Crippen LogP contribution in [0.15, 0.2) is 0 Å². The first-order chi connectivity index (χ1) is 8.66. The molecule has 18 heavy (non-hydrogen) atoms. The van der Waals surface area contributed by atoms with E-state index in [1.807, 2.05) is 0 Å². The molecule has 0 bridgehead atoms. The van der Waals surface area contributed by atoms with Crippen LogP contribution in [0.1, 0.15) is 32.1 Å². The second-order valence-corrected chi connectivity index (χ2v) is 5.40. The number of carbonyl (C=O) groups excluding carboxylic acids is 2. The lowest BCUT2D eigenvalue weighted by Crippen LogP contribution is -2.30. The van der Waals surface area contributed by atoms with Gasteiger partial charge in [-0.2, -0.15) is 0 Å². The Morgan fingerprint density at radius 1 is 1.22 bits per heavy atom. The molecule has 2 saturated heterocycles. The summed E-state index contributed by atoms with van der Waals surface area (Å²) in [7, 11) is 0. The van der Waals surface area contributed by atoms with Gasteiger partial charge in [0.05, 0.1) is 5.92 Å². The van der Waals surface area contributed by atoms with Gasteiger partial charge in [0.1, 0.15) is 0 Å². The molecule has 0 aromatic heterocycles. The predicted octanol–water partition coefficient (Wildman–Crippen LogP) is 0.196. The summed E-state index contributed by atoms with van der Waals surface area (Å²) in [6.45, 7) is 4.90. The van der Waals surface area contributed by atoms with Crippen molar-refractivity contribution < 1.29 is 9.59 Å². The van der Waals surface area contributed by atoms with Gasteiger partial charge in [-0.25, -0.2) is 0 Å². The highest BCUT2D eigenvalue weighted by molar-refractivity contribution is 5.88. The zero-order valence-corrected chi connectivity index (χ0v) is 10.9. The highest BCUT2D eigenvalue weighted by atomic mass is 16.2. The Morgan fingerprint density at radius 2 is 1.89 bits per heavy atom. The quantitative estimate of drug-likeness (QED) is 0.687. The van der Waals surface area contributed by atoms with Gasteiger partial charge in [-0.15, -0.1) is 0 Å². The summed E-state index contributed by atoms with van der Waals surface area (Å²) in [5, 5.41) is 0. The Kier molecular flexibility index (Phi) is 4.58. The first-order valence-electron chi connectivity index (χ1n) is 6.96. The maximum Gasteiger partial charge on any atom is 0.223 e. The van der Waals surface area contributed by atoms with Crippen LogP contribution in [0.2, 0.25) is 0 Å². The highest BCUT2D eigenvalue weighted by Crippen LogP contribution is 2.18. The van der Waals surface area contributed by atoms with E-state index in [-0.39, 0.29) is 17.7 Å². The second kappa shape index (κ2) is 6.18. The lowest BCUT2D eigenvalue weighted by atomic mass is 10.1. The monoisotopic (exact) mass is 253 g/mol. The molecule has 2 amide bonds. The van der Waals surface area contributed by atoms with Crippen molar-refractivity contribution in [1.29, 1.82) is 0 Å². The van der Waals surface area contributed by atoms with Crippen molar-refractivity contribution in [3.8, 4) is 0 Å². The van der Waals surface area contributed by atoms with Gasteiger partial charge in [0, 0.05) is 19.5 Å². The highest BCUT2D eigenvalue weighted by Gasteiger charge is 2.32. The zero-order chi connectivity index (χ0) is 13.0. The predicted molar refractivity (Wildman–Crippen MR) is 68.8 cm³/mol. The lowest BCUT2D eigenvalue weighted by Gasteiger charge is -2.18. The molecule has 102 valence electrons. The molecule has 1 unspecified atom stereocenters. The number of nitrogens with two attached hydrogens (primary N) is 1.